The summed E-state index contributed by atoms with van der Waals surface area (Å²) < 4.78 is 43.2. The Morgan fingerprint density at radius 1 is 1.13 bits per heavy atom. The van der Waals surface area contributed by atoms with Crippen molar-refractivity contribution in [3.63, 3.8) is 0 Å². The summed E-state index contributed by atoms with van der Waals surface area (Å²) in [6, 6.07) is 8.67. The Morgan fingerprint density at radius 2 is 1.93 bits per heavy atom. The number of alkyl halides is 3. The van der Waals surface area contributed by atoms with Crippen LogP contribution in [0.5, 0.6) is 0 Å². The Bertz CT molecular complexity index is 1280. The van der Waals surface area contributed by atoms with E-state index in [9.17, 15) is 23.5 Å². The number of rotatable bonds is 4. The van der Waals surface area contributed by atoms with Crippen LogP contribution in [-0.4, -0.2) is 19.9 Å². The zero-order valence-corrected chi connectivity index (χ0v) is 16.6. The number of halogens is 3. The van der Waals surface area contributed by atoms with Crippen molar-refractivity contribution in [3.05, 3.63) is 59.0 Å². The van der Waals surface area contributed by atoms with Crippen molar-refractivity contribution < 1.29 is 18.3 Å². The summed E-state index contributed by atoms with van der Waals surface area (Å²) in [5.41, 5.74) is 0.865. The number of hydrogen-bond acceptors (Lipinski definition) is 5. The molecule has 0 aliphatic carbocycles. The van der Waals surface area contributed by atoms with Gasteiger partial charge in [0, 0.05) is 41.6 Å². The minimum atomic E-state index is -4.64. The summed E-state index contributed by atoms with van der Waals surface area (Å²) in [7, 11) is 0. The summed E-state index contributed by atoms with van der Waals surface area (Å²) in [6.07, 6.45) is -0.0684. The highest BCUT2D eigenvalue weighted by Crippen LogP contribution is 2.42. The van der Waals surface area contributed by atoms with Gasteiger partial charge in [-0.1, -0.05) is 12.1 Å². The van der Waals surface area contributed by atoms with Crippen LogP contribution in [-0.2, 0) is 19.3 Å². The molecule has 0 atom stereocenters. The van der Waals surface area contributed by atoms with Gasteiger partial charge in [-0.2, -0.15) is 23.5 Å². The molecule has 4 rings (SSSR count). The summed E-state index contributed by atoms with van der Waals surface area (Å²) in [5, 5.41) is 23.3. The molecular formula is C21H15F3N4OS. The molecule has 30 heavy (non-hydrogen) atoms. The average Bonchev–Trinajstić information content (AvgIpc) is 3.37. The van der Waals surface area contributed by atoms with E-state index in [0.717, 1.165) is 10.1 Å². The molecule has 1 N–H and O–H groups in total. The average molecular weight is 428 g/mol. The molecule has 3 aromatic heterocycles. The van der Waals surface area contributed by atoms with Crippen LogP contribution in [0.2, 0.25) is 0 Å². The van der Waals surface area contributed by atoms with Gasteiger partial charge in [0.25, 0.3) is 0 Å². The summed E-state index contributed by atoms with van der Waals surface area (Å²) in [5.74, 6) is 0. The van der Waals surface area contributed by atoms with Crippen LogP contribution in [0.4, 0.5) is 13.2 Å². The molecule has 0 bridgehead atoms. The van der Waals surface area contributed by atoms with Crippen molar-refractivity contribution in [1.82, 2.24) is 14.8 Å². The second-order valence-electron chi connectivity index (χ2n) is 6.60. The first kappa shape index (κ1) is 20.1. The van der Waals surface area contributed by atoms with E-state index < -0.39 is 11.9 Å². The number of pyridine rings is 1. The lowest BCUT2D eigenvalue weighted by molar-refractivity contribution is -0.141. The molecule has 0 fully saturated rings. The van der Waals surface area contributed by atoms with Crippen LogP contribution in [0.1, 0.15) is 23.1 Å². The Hall–Kier alpha value is -3.22. The Labute approximate surface area is 173 Å². The normalized spacial score (nSPS) is 11.7. The molecule has 0 spiro atoms. The number of nitrogens with zero attached hydrogens (tertiary/aromatic N) is 4. The Kier molecular flexibility index (Phi) is 5.05. The van der Waals surface area contributed by atoms with Gasteiger partial charge in [-0.25, -0.2) is 0 Å². The van der Waals surface area contributed by atoms with Crippen molar-refractivity contribution in [1.29, 1.82) is 5.26 Å². The highest BCUT2D eigenvalue weighted by Gasteiger charge is 2.38. The van der Waals surface area contributed by atoms with E-state index in [1.165, 1.54) is 28.3 Å². The van der Waals surface area contributed by atoms with E-state index in [1.807, 2.05) is 0 Å². The monoisotopic (exact) mass is 428 g/mol. The van der Waals surface area contributed by atoms with Crippen LogP contribution in [0.25, 0.3) is 32.3 Å². The van der Waals surface area contributed by atoms with E-state index >= 15 is 0 Å². The lowest BCUT2D eigenvalue weighted by Gasteiger charge is -2.13. The SMILES string of the molecule is CCn1cc(-c2cc(CO)ccc2-c2cncc3sc(C#N)cc23)c(C(F)(F)F)n1. The fraction of sp³-hybridized carbons (Fsp3) is 0.190. The molecule has 0 saturated heterocycles. The van der Waals surface area contributed by atoms with Crippen molar-refractivity contribution in [3.8, 4) is 28.3 Å². The largest absolute Gasteiger partial charge is 0.435 e. The van der Waals surface area contributed by atoms with Gasteiger partial charge in [0.1, 0.15) is 10.9 Å². The maximum Gasteiger partial charge on any atom is 0.435 e. The highest BCUT2D eigenvalue weighted by atomic mass is 32.1. The van der Waals surface area contributed by atoms with Gasteiger partial charge in [0.15, 0.2) is 5.69 Å². The lowest BCUT2D eigenvalue weighted by Crippen LogP contribution is -2.09. The molecule has 4 aromatic rings. The lowest BCUT2D eigenvalue weighted by atomic mass is 9.92. The van der Waals surface area contributed by atoms with Crippen LogP contribution in [0.15, 0.2) is 42.9 Å². The fourth-order valence-corrected chi connectivity index (χ4v) is 4.22. The highest BCUT2D eigenvalue weighted by molar-refractivity contribution is 7.19. The van der Waals surface area contributed by atoms with Crippen LogP contribution < -0.4 is 0 Å². The van der Waals surface area contributed by atoms with Crippen molar-refractivity contribution in [2.24, 2.45) is 0 Å². The summed E-state index contributed by atoms with van der Waals surface area (Å²) >= 11 is 1.27. The van der Waals surface area contributed by atoms with Crippen molar-refractivity contribution in [2.75, 3.05) is 0 Å². The first-order valence-electron chi connectivity index (χ1n) is 9.02. The number of aryl methyl sites for hydroxylation is 1. The van der Waals surface area contributed by atoms with E-state index in [2.05, 4.69) is 16.2 Å². The molecule has 152 valence electrons. The van der Waals surface area contributed by atoms with E-state index in [4.69, 9.17) is 0 Å². The van der Waals surface area contributed by atoms with E-state index in [1.54, 1.807) is 37.5 Å². The van der Waals surface area contributed by atoms with E-state index in [0.29, 0.717) is 27.1 Å². The first-order valence-corrected chi connectivity index (χ1v) is 9.84. The van der Waals surface area contributed by atoms with Gasteiger partial charge < -0.3 is 5.11 Å². The molecule has 0 amide bonds. The van der Waals surface area contributed by atoms with Gasteiger partial charge in [0.05, 0.1) is 11.3 Å². The molecular weight excluding hydrogens is 413 g/mol. The zero-order chi connectivity index (χ0) is 21.5. The molecule has 5 nitrogen and oxygen atoms in total. The fourth-order valence-electron chi connectivity index (χ4n) is 3.37. The molecule has 1 aromatic carbocycles. The Balaban J connectivity index is 2.04. The number of aromatic nitrogens is 3. The van der Waals surface area contributed by atoms with Gasteiger partial charge >= 0.3 is 6.18 Å². The summed E-state index contributed by atoms with van der Waals surface area (Å²) in [6.45, 7) is 1.68. The maximum absolute atomic E-state index is 13.7. The molecule has 0 aliphatic rings. The number of nitriles is 1. The number of thiophene rings is 1. The predicted octanol–water partition coefficient (Wildman–Crippen LogP) is 5.23. The minimum Gasteiger partial charge on any atom is -0.392 e. The quantitative estimate of drug-likeness (QED) is 0.483. The molecule has 3 heterocycles. The van der Waals surface area contributed by atoms with Crippen molar-refractivity contribution >= 4 is 21.4 Å². The topological polar surface area (TPSA) is 74.7 Å². The van der Waals surface area contributed by atoms with Crippen LogP contribution in [0.3, 0.4) is 0 Å². The third-order valence-corrected chi connectivity index (χ3v) is 5.73. The second kappa shape index (κ2) is 7.55. The molecule has 0 aliphatic heterocycles. The van der Waals surface area contributed by atoms with Crippen molar-refractivity contribution in [2.45, 2.75) is 26.3 Å². The number of benzene rings is 1. The smallest absolute Gasteiger partial charge is 0.392 e. The standard InChI is InChI=1S/C21H15F3N4OS/c1-2-28-10-18(20(27-28)21(22,23)24)15-5-12(11-29)3-4-14(15)17-8-26-9-19-16(17)6-13(7-25)30-19/h3-6,8-10,29H,2,11H2,1H3. The third-order valence-electron chi connectivity index (χ3n) is 4.76. The van der Waals surface area contributed by atoms with Gasteiger partial charge in [0.2, 0.25) is 0 Å². The zero-order valence-electron chi connectivity index (χ0n) is 15.7. The minimum absolute atomic E-state index is 0.0672. The van der Waals surface area contributed by atoms with Crippen LogP contribution >= 0.6 is 11.3 Å². The number of aliphatic hydroxyl groups is 1. The maximum atomic E-state index is 13.7. The summed E-state index contributed by atoms with van der Waals surface area (Å²) in [4.78, 5) is 4.70. The molecule has 0 saturated carbocycles. The molecule has 9 heteroatoms. The molecule has 0 unspecified atom stereocenters. The van der Waals surface area contributed by atoms with Gasteiger partial charge in [-0.05, 0) is 35.7 Å². The molecule has 0 radical (unpaired) electrons. The third kappa shape index (κ3) is 3.44. The number of hydrogen-bond donors (Lipinski definition) is 1. The van der Waals surface area contributed by atoms with Crippen LogP contribution in [0, 0.1) is 11.3 Å². The first-order chi connectivity index (χ1) is 14.4. The predicted molar refractivity (Wildman–Crippen MR) is 108 cm³/mol. The Morgan fingerprint density at radius 3 is 2.60 bits per heavy atom. The number of aliphatic hydroxyl groups excluding tert-OH is 1. The number of fused-ring (bicyclic) bond motifs is 1. The van der Waals surface area contributed by atoms with E-state index in [-0.39, 0.29) is 18.7 Å². The van der Waals surface area contributed by atoms with Gasteiger partial charge in [-0.15, -0.1) is 11.3 Å². The second-order valence-corrected chi connectivity index (χ2v) is 7.69. The van der Waals surface area contributed by atoms with Gasteiger partial charge in [-0.3, -0.25) is 9.67 Å².